The summed E-state index contributed by atoms with van der Waals surface area (Å²) in [6.45, 7) is 2.46. The van der Waals surface area contributed by atoms with Gasteiger partial charge in [0.1, 0.15) is 12.3 Å². The zero-order valence-electron chi connectivity index (χ0n) is 14.7. The Morgan fingerprint density at radius 2 is 2.00 bits per heavy atom. The Labute approximate surface area is 152 Å². The summed E-state index contributed by atoms with van der Waals surface area (Å²) >= 11 is 0. The molecule has 0 radical (unpaired) electrons. The van der Waals surface area contributed by atoms with Crippen molar-refractivity contribution in [3.05, 3.63) is 54.4 Å². The number of fused-ring (bicyclic) bond motifs is 1. The van der Waals surface area contributed by atoms with Crippen molar-refractivity contribution in [1.82, 2.24) is 9.88 Å². The average Bonchev–Trinajstić information content (AvgIpc) is 3.16. The van der Waals surface area contributed by atoms with Crippen molar-refractivity contribution in [1.29, 1.82) is 0 Å². The summed E-state index contributed by atoms with van der Waals surface area (Å²) in [5, 5.41) is 0. The van der Waals surface area contributed by atoms with Crippen LogP contribution in [0.3, 0.4) is 0 Å². The summed E-state index contributed by atoms with van der Waals surface area (Å²) in [4.78, 5) is 33.1. The van der Waals surface area contributed by atoms with Gasteiger partial charge in [0.25, 0.3) is 5.91 Å². The maximum Gasteiger partial charge on any atom is 0.268 e. The van der Waals surface area contributed by atoms with Crippen molar-refractivity contribution in [3.63, 3.8) is 0 Å². The Hall–Kier alpha value is -2.89. The van der Waals surface area contributed by atoms with Crippen molar-refractivity contribution in [2.75, 3.05) is 18.0 Å². The number of benzene rings is 1. The molecule has 4 rings (SSSR count). The van der Waals surface area contributed by atoms with E-state index in [9.17, 15) is 9.59 Å². The molecule has 0 N–H and O–H groups in total. The van der Waals surface area contributed by atoms with E-state index in [0.29, 0.717) is 18.0 Å². The molecule has 6 nitrogen and oxygen atoms in total. The first kappa shape index (κ1) is 16.6. The van der Waals surface area contributed by atoms with Gasteiger partial charge < -0.3 is 9.64 Å². The van der Waals surface area contributed by atoms with Crippen molar-refractivity contribution in [2.45, 2.75) is 31.9 Å². The summed E-state index contributed by atoms with van der Waals surface area (Å²) in [6.07, 6.45) is 4.80. The van der Waals surface area contributed by atoms with Crippen LogP contribution in [0.25, 0.3) is 0 Å². The average molecular weight is 351 g/mol. The molecule has 0 aliphatic carbocycles. The summed E-state index contributed by atoms with van der Waals surface area (Å²) in [5.41, 5.74) is 1.75. The van der Waals surface area contributed by atoms with Crippen LogP contribution in [0.1, 0.15) is 31.4 Å². The number of hydrogen-bond acceptors (Lipinski definition) is 4. The topological polar surface area (TPSA) is 62.7 Å². The minimum Gasteiger partial charge on any atom is -0.479 e. The highest BCUT2D eigenvalue weighted by atomic mass is 16.5. The van der Waals surface area contributed by atoms with E-state index in [4.69, 9.17) is 4.74 Å². The Balaban J connectivity index is 1.57. The molecule has 0 saturated carbocycles. The standard InChI is InChI=1S/C20H21N3O3/c1-14-20(25)23(17-5-2-3-7-18(17)26-14)13-19(24)22-12-4-6-16(22)15-8-10-21-11-9-15/h2-3,5,7-11,14,16H,4,6,12-13H2,1H3. The van der Waals surface area contributed by atoms with Crippen molar-refractivity contribution < 1.29 is 14.3 Å². The van der Waals surface area contributed by atoms with E-state index in [0.717, 1.165) is 18.4 Å². The summed E-state index contributed by atoms with van der Waals surface area (Å²) in [6, 6.07) is 11.3. The number of amides is 2. The third-order valence-corrected chi connectivity index (χ3v) is 5.03. The van der Waals surface area contributed by atoms with Gasteiger partial charge in [0.2, 0.25) is 5.91 Å². The highest BCUT2D eigenvalue weighted by Crippen LogP contribution is 2.35. The van der Waals surface area contributed by atoms with E-state index in [2.05, 4.69) is 4.98 Å². The molecule has 3 heterocycles. The first-order chi connectivity index (χ1) is 12.6. The number of rotatable bonds is 3. The Morgan fingerprint density at radius 3 is 2.81 bits per heavy atom. The normalized spacial score (nSPS) is 22.1. The van der Waals surface area contributed by atoms with E-state index in [1.165, 1.54) is 0 Å². The number of carbonyl (C=O) groups is 2. The molecule has 2 aliphatic rings. The number of likely N-dealkylation sites (tertiary alicyclic amines) is 1. The number of para-hydroxylation sites is 2. The number of anilines is 1. The smallest absolute Gasteiger partial charge is 0.268 e. The number of aromatic nitrogens is 1. The molecule has 2 aliphatic heterocycles. The molecule has 1 saturated heterocycles. The molecule has 6 heteroatoms. The lowest BCUT2D eigenvalue weighted by atomic mass is 10.1. The van der Waals surface area contributed by atoms with Gasteiger partial charge in [-0.2, -0.15) is 0 Å². The van der Waals surface area contributed by atoms with Crippen LogP contribution in [0.4, 0.5) is 5.69 Å². The Morgan fingerprint density at radius 1 is 1.23 bits per heavy atom. The lowest BCUT2D eigenvalue weighted by molar-refractivity contribution is -0.133. The van der Waals surface area contributed by atoms with Crippen molar-refractivity contribution in [3.8, 4) is 5.75 Å². The van der Waals surface area contributed by atoms with E-state index in [1.54, 1.807) is 24.2 Å². The Bertz CT molecular complexity index is 824. The SMILES string of the molecule is CC1Oc2ccccc2N(CC(=O)N2CCCC2c2ccncc2)C1=O. The fraction of sp³-hybridized carbons (Fsp3) is 0.350. The van der Waals surface area contributed by atoms with Gasteiger partial charge in [-0.15, -0.1) is 0 Å². The molecule has 1 aromatic carbocycles. The predicted octanol–water partition coefficient (Wildman–Crippen LogP) is 2.56. The van der Waals surface area contributed by atoms with Crippen LogP contribution in [0.5, 0.6) is 5.75 Å². The van der Waals surface area contributed by atoms with Crippen LogP contribution in [0.2, 0.25) is 0 Å². The summed E-state index contributed by atoms with van der Waals surface area (Å²) < 4.78 is 5.65. The van der Waals surface area contributed by atoms with Gasteiger partial charge in [-0.3, -0.25) is 19.5 Å². The van der Waals surface area contributed by atoms with E-state index < -0.39 is 6.10 Å². The molecular formula is C20H21N3O3. The molecule has 26 heavy (non-hydrogen) atoms. The van der Waals surface area contributed by atoms with Gasteiger partial charge in [0, 0.05) is 18.9 Å². The first-order valence-corrected chi connectivity index (χ1v) is 8.91. The third kappa shape index (κ3) is 2.92. The highest BCUT2D eigenvalue weighted by molar-refractivity contribution is 6.03. The molecule has 0 bridgehead atoms. The van der Waals surface area contributed by atoms with Crippen LogP contribution in [0.15, 0.2) is 48.8 Å². The van der Waals surface area contributed by atoms with E-state index in [-0.39, 0.29) is 24.4 Å². The maximum absolute atomic E-state index is 13.0. The summed E-state index contributed by atoms with van der Waals surface area (Å²) in [7, 11) is 0. The van der Waals surface area contributed by atoms with Crippen molar-refractivity contribution in [2.24, 2.45) is 0 Å². The number of hydrogen-bond donors (Lipinski definition) is 0. The minimum atomic E-state index is -0.590. The highest BCUT2D eigenvalue weighted by Gasteiger charge is 2.36. The van der Waals surface area contributed by atoms with Gasteiger partial charge in [0.05, 0.1) is 11.7 Å². The molecule has 134 valence electrons. The third-order valence-electron chi connectivity index (χ3n) is 5.03. The van der Waals surface area contributed by atoms with E-state index in [1.807, 2.05) is 41.3 Å². The van der Waals surface area contributed by atoms with Gasteiger partial charge in [-0.1, -0.05) is 12.1 Å². The lowest BCUT2D eigenvalue weighted by Crippen LogP contribution is -2.49. The molecule has 0 spiro atoms. The number of pyridine rings is 1. The minimum absolute atomic E-state index is 0.0329. The van der Waals surface area contributed by atoms with Crippen LogP contribution in [-0.2, 0) is 9.59 Å². The zero-order valence-corrected chi connectivity index (χ0v) is 14.7. The van der Waals surface area contributed by atoms with Gasteiger partial charge in [-0.25, -0.2) is 0 Å². The molecule has 2 atom stereocenters. The monoisotopic (exact) mass is 351 g/mol. The second-order valence-corrected chi connectivity index (χ2v) is 6.68. The van der Waals surface area contributed by atoms with Gasteiger partial charge >= 0.3 is 0 Å². The van der Waals surface area contributed by atoms with Crippen molar-refractivity contribution >= 4 is 17.5 Å². The first-order valence-electron chi connectivity index (χ1n) is 8.91. The van der Waals surface area contributed by atoms with Gasteiger partial charge in [0.15, 0.2) is 6.10 Å². The van der Waals surface area contributed by atoms with E-state index >= 15 is 0 Å². The summed E-state index contributed by atoms with van der Waals surface area (Å²) in [5.74, 6) is 0.415. The zero-order chi connectivity index (χ0) is 18.1. The predicted molar refractivity (Wildman–Crippen MR) is 96.8 cm³/mol. The lowest BCUT2D eigenvalue weighted by Gasteiger charge is -2.34. The fourth-order valence-corrected chi connectivity index (χ4v) is 3.75. The number of carbonyl (C=O) groups excluding carboxylic acids is 2. The molecule has 1 aromatic heterocycles. The largest absolute Gasteiger partial charge is 0.479 e. The molecule has 2 unspecified atom stereocenters. The second kappa shape index (κ2) is 6.78. The molecule has 2 amide bonds. The number of ether oxygens (including phenoxy) is 1. The van der Waals surface area contributed by atoms with Crippen LogP contribution < -0.4 is 9.64 Å². The van der Waals surface area contributed by atoms with Crippen LogP contribution in [0, 0.1) is 0 Å². The fourth-order valence-electron chi connectivity index (χ4n) is 3.75. The number of nitrogens with zero attached hydrogens (tertiary/aromatic N) is 3. The Kier molecular flexibility index (Phi) is 4.32. The molecule has 1 fully saturated rings. The quantitative estimate of drug-likeness (QED) is 0.853. The molecular weight excluding hydrogens is 330 g/mol. The van der Waals surface area contributed by atoms with Crippen LogP contribution >= 0.6 is 0 Å². The van der Waals surface area contributed by atoms with Crippen LogP contribution in [-0.4, -0.2) is 40.9 Å². The maximum atomic E-state index is 13.0. The van der Waals surface area contributed by atoms with Gasteiger partial charge in [-0.05, 0) is 49.6 Å². The second-order valence-electron chi connectivity index (χ2n) is 6.68. The molecule has 2 aromatic rings.